The molecule has 0 aromatic heterocycles. The van der Waals surface area contributed by atoms with Gasteiger partial charge < -0.3 is 0 Å². The van der Waals surface area contributed by atoms with E-state index in [-0.39, 0.29) is 6.08 Å². The lowest BCUT2D eigenvalue weighted by Gasteiger charge is -1.94. The van der Waals surface area contributed by atoms with Gasteiger partial charge in [0.2, 0.25) is 0 Å². The Bertz CT molecular complexity index is 83.8. The molecule has 0 aliphatic carbocycles. The molecule has 1 nitrogen and oxygen atoms in total. The van der Waals surface area contributed by atoms with E-state index in [2.05, 4.69) is 0 Å². The van der Waals surface area contributed by atoms with Gasteiger partial charge in [-0.25, -0.2) is 5.11 Å². The van der Waals surface area contributed by atoms with Gasteiger partial charge in [0, 0.05) is 6.08 Å². The lowest BCUT2D eigenvalue weighted by Crippen LogP contribution is -2.00. The number of hydrogen-bond acceptors (Lipinski definition) is 0. The van der Waals surface area contributed by atoms with Crippen LogP contribution in [0.2, 0.25) is 0 Å². The van der Waals surface area contributed by atoms with Gasteiger partial charge in [-0.3, -0.25) is 0 Å². The van der Waals surface area contributed by atoms with Gasteiger partial charge in [0.1, 0.15) is 6.61 Å². The molecule has 0 amide bonds. The van der Waals surface area contributed by atoms with Crippen molar-refractivity contribution in [3.63, 3.8) is 0 Å². The molecule has 1 radical (unpaired) electrons. The molecule has 0 fully saturated rings. The second-order valence-corrected chi connectivity index (χ2v) is 1.11. The highest BCUT2D eigenvalue weighted by atomic mass is 19.4. The molecule has 0 saturated heterocycles. The smallest absolute Gasteiger partial charge is 0.232 e. The van der Waals surface area contributed by atoms with Gasteiger partial charge in [0.05, 0.1) is 0 Å². The first kappa shape index (κ1) is 7.49. The van der Waals surface area contributed by atoms with E-state index in [1.807, 2.05) is 0 Å². The van der Waals surface area contributed by atoms with Crippen molar-refractivity contribution < 1.29 is 18.3 Å². The maximum absolute atomic E-state index is 11.0. The van der Waals surface area contributed by atoms with Crippen molar-refractivity contribution in [1.82, 2.24) is 0 Å². The summed E-state index contributed by atoms with van der Waals surface area (Å²) in [4.78, 5) is 0. The van der Waals surface area contributed by atoms with Gasteiger partial charge in [0.15, 0.2) is 0 Å². The number of rotatable bonds is 1. The molecule has 0 unspecified atom stereocenters. The van der Waals surface area contributed by atoms with Crippen molar-refractivity contribution in [3.8, 4) is 0 Å². The molecule has 0 aromatic rings. The molecule has 0 aromatic carbocycles. The molecule has 47 valence electrons. The first-order chi connectivity index (χ1) is 3.56. The van der Waals surface area contributed by atoms with Gasteiger partial charge in [-0.1, -0.05) is 6.08 Å². The van der Waals surface area contributed by atoms with Crippen molar-refractivity contribution in [3.05, 3.63) is 12.2 Å². The zero-order valence-electron chi connectivity index (χ0n) is 3.90. The number of allylic oxidation sites excluding steroid dienone is 1. The maximum atomic E-state index is 11.0. The molecule has 0 aliphatic heterocycles. The maximum Gasteiger partial charge on any atom is 0.409 e. The Morgan fingerprint density at radius 1 is 1.38 bits per heavy atom. The molecule has 0 rings (SSSR count). The molecule has 4 heteroatoms. The van der Waals surface area contributed by atoms with E-state index < -0.39 is 12.8 Å². The van der Waals surface area contributed by atoms with Gasteiger partial charge in [-0.05, 0) is 0 Å². The second kappa shape index (κ2) is 2.71. The lowest BCUT2D eigenvalue weighted by molar-refractivity contribution is -0.0803. The Morgan fingerprint density at radius 2 is 1.88 bits per heavy atom. The Labute approximate surface area is 44.4 Å². The van der Waals surface area contributed by atoms with Crippen molar-refractivity contribution in [1.29, 1.82) is 0 Å². The van der Waals surface area contributed by atoms with E-state index in [0.29, 0.717) is 6.08 Å². The Hall–Kier alpha value is -0.510. The monoisotopic (exact) mass is 125 g/mol. The molecule has 0 aliphatic rings. The molecular formula is C4H4F3O. The summed E-state index contributed by atoms with van der Waals surface area (Å²) in [6, 6.07) is 0. The Kier molecular flexibility index (Phi) is 2.54. The first-order valence-corrected chi connectivity index (χ1v) is 1.89. The van der Waals surface area contributed by atoms with Crippen LogP contribution in [0.4, 0.5) is 13.2 Å². The van der Waals surface area contributed by atoms with Crippen molar-refractivity contribution >= 4 is 0 Å². The highest BCUT2D eigenvalue weighted by Gasteiger charge is 2.21. The summed E-state index contributed by atoms with van der Waals surface area (Å²) in [6.45, 7) is -0.820. The van der Waals surface area contributed by atoms with Crippen molar-refractivity contribution in [2.24, 2.45) is 0 Å². The van der Waals surface area contributed by atoms with Crippen LogP contribution in [0.1, 0.15) is 0 Å². The van der Waals surface area contributed by atoms with E-state index in [0.717, 1.165) is 0 Å². The molecule has 0 spiro atoms. The predicted octanol–water partition coefficient (Wildman–Crippen LogP) is 1.54. The molecule has 8 heavy (non-hydrogen) atoms. The van der Waals surface area contributed by atoms with Crippen molar-refractivity contribution in [2.45, 2.75) is 6.18 Å². The third-order valence-corrected chi connectivity index (χ3v) is 0.403. The predicted molar refractivity (Wildman–Crippen MR) is 20.7 cm³/mol. The molecule has 0 atom stereocenters. The highest BCUT2D eigenvalue weighted by Crippen LogP contribution is 2.15. The van der Waals surface area contributed by atoms with E-state index in [4.69, 9.17) is 0 Å². The molecule has 0 N–H and O–H groups in total. The number of halogens is 3. The zero-order valence-corrected chi connectivity index (χ0v) is 3.90. The van der Waals surface area contributed by atoms with E-state index in [1.54, 1.807) is 0 Å². The zero-order chi connectivity index (χ0) is 6.62. The standard InChI is InChI=1S/C4H4F3O/c5-4(6,7)2-1-3-8/h1-2H,3H2/b2-1+. The van der Waals surface area contributed by atoms with Gasteiger partial charge in [0.25, 0.3) is 0 Å². The van der Waals surface area contributed by atoms with Crippen LogP contribution in [0.25, 0.3) is 0 Å². The Balaban J connectivity index is 3.52. The van der Waals surface area contributed by atoms with Gasteiger partial charge in [-0.15, -0.1) is 0 Å². The van der Waals surface area contributed by atoms with Gasteiger partial charge >= 0.3 is 6.18 Å². The third kappa shape index (κ3) is 5.49. The minimum Gasteiger partial charge on any atom is -0.232 e. The van der Waals surface area contributed by atoms with Crippen LogP contribution >= 0.6 is 0 Å². The molecule has 0 saturated carbocycles. The third-order valence-electron chi connectivity index (χ3n) is 0.403. The Morgan fingerprint density at radius 3 is 2.00 bits per heavy atom. The average molecular weight is 125 g/mol. The molecule has 0 heterocycles. The fourth-order valence-corrected chi connectivity index (χ4v) is 0.182. The topological polar surface area (TPSA) is 19.9 Å². The van der Waals surface area contributed by atoms with E-state index in [1.165, 1.54) is 0 Å². The largest absolute Gasteiger partial charge is 0.409 e. The minimum atomic E-state index is -4.33. The molecular weight excluding hydrogens is 121 g/mol. The van der Waals surface area contributed by atoms with Crippen molar-refractivity contribution in [2.75, 3.05) is 6.61 Å². The summed E-state index contributed by atoms with van der Waals surface area (Å²) in [6.07, 6.45) is -3.87. The average Bonchev–Trinajstić information content (AvgIpc) is 1.59. The van der Waals surface area contributed by atoms with Crippen LogP contribution in [-0.4, -0.2) is 12.8 Å². The van der Waals surface area contributed by atoms with Crippen LogP contribution < -0.4 is 0 Å². The van der Waals surface area contributed by atoms with E-state index in [9.17, 15) is 18.3 Å². The summed E-state index contributed by atoms with van der Waals surface area (Å²) in [7, 11) is 0. The summed E-state index contributed by atoms with van der Waals surface area (Å²) in [5, 5.41) is 9.39. The fraction of sp³-hybridized carbons (Fsp3) is 0.500. The summed E-state index contributed by atoms with van der Waals surface area (Å²) in [5.41, 5.74) is 0. The molecule has 0 bridgehead atoms. The second-order valence-electron chi connectivity index (χ2n) is 1.11. The SMILES string of the molecule is [O]C/C=C/C(F)(F)F. The normalized spacial score (nSPS) is 13.0. The van der Waals surface area contributed by atoms with Crippen LogP contribution in [0.5, 0.6) is 0 Å². The van der Waals surface area contributed by atoms with Crippen LogP contribution in [0.15, 0.2) is 12.2 Å². The van der Waals surface area contributed by atoms with E-state index >= 15 is 0 Å². The van der Waals surface area contributed by atoms with Crippen LogP contribution in [-0.2, 0) is 5.11 Å². The number of hydrogen-bond donors (Lipinski definition) is 0. The fourth-order valence-electron chi connectivity index (χ4n) is 0.182. The van der Waals surface area contributed by atoms with Gasteiger partial charge in [-0.2, -0.15) is 13.2 Å². The van der Waals surface area contributed by atoms with Crippen LogP contribution in [0.3, 0.4) is 0 Å². The minimum absolute atomic E-state index is 0.0694. The van der Waals surface area contributed by atoms with Crippen LogP contribution in [0, 0.1) is 0 Å². The lowest BCUT2D eigenvalue weighted by atomic mass is 10.5. The number of alkyl halides is 3. The summed E-state index contributed by atoms with van der Waals surface area (Å²) in [5.74, 6) is 0. The summed E-state index contributed by atoms with van der Waals surface area (Å²) < 4.78 is 33.1. The highest BCUT2D eigenvalue weighted by molar-refractivity contribution is 4.87. The summed E-state index contributed by atoms with van der Waals surface area (Å²) >= 11 is 0. The first-order valence-electron chi connectivity index (χ1n) is 1.89. The quantitative estimate of drug-likeness (QED) is 0.473.